The summed E-state index contributed by atoms with van der Waals surface area (Å²) in [6.07, 6.45) is 1.77. The quantitative estimate of drug-likeness (QED) is 0.294. The van der Waals surface area contributed by atoms with E-state index in [1.165, 1.54) is 43.5 Å². The minimum atomic E-state index is -1.84. The number of hydrogen-bond donors (Lipinski definition) is 0. The molecule has 3 aromatic rings. The topological polar surface area (TPSA) is 172 Å². The Morgan fingerprint density at radius 1 is 1.07 bits per heavy atom. The van der Waals surface area contributed by atoms with E-state index < -0.39 is 58.6 Å². The molecule has 4 atom stereocenters. The van der Waals surface area contributed by atoms with Crippen LogP contribution in [0.1, 0.15) is 66.8 Å². The Hall–Kier alpha value is -5.31. The number of rotatable bonds is 6. The molecule has 1 unspecified atom stereocenters. The zero-order valence-corrected chi connectivity index (χ0v) is 24.3. The molecule has 1 aliphatic heterocycles. The molecule has 12 nitrogen and oxygen atoms in total. The Morgan fingerprint density at radius 2 is 1.75 bits per heavy atom. The van der Waals surface area contributed by atoms with E-state index in [9.17, 15) is 24.0 Å². The van der Waals surface area contributed by atoms with E-state index >= 15 is 0 Å². The summed E-state index contributed by atoms with van der Waals surface area (Å²) in [6, 6.07) is 12.5. The maximum atomic E-state index is 14.1. The fourth-order valence-electron chi connectivity index (χ4n) is 5.90. The largest absolute Gasteiger partial charge is 0.482 e. The van der Waals surface area contributed by atoms with Crippen LogP contribution in [-0.2, 0) is 23.8 Å². The molecular weight excluding hydrogens is 572 g/mol. The summed E-state index contributed by atoms with van der Waals surface area (Å²) in [7, 11) is 0. The van der Waals surface area contributed by atoms with Crippen LogP contribution in [0.2, 0.25) is 0 Å². The number of fused-ring (bicyclic) bond motifs is 2. The third kappa shape index (κ3) is 5.56. The fraction of sp³-hybridized carbons (Fsp3) is 0.344. The molecule has 0 N–H and O–H groups in total. The highest BCUT2D eigenvalue weighted by Gasteiger charge is 2.61. The van der Waals surface area contributed by atoms with Crippen LogP contribution < -0.4 is 10.4 Å². The summed E-state index contributed by atoms with van der Waals surface area (Å²) >= 11 is 0. The van der Waals surface area contributed by atoms with Crippen molar-refractivity contribution >= 4 is 23.7 Å². The number of nitriles is 1. The summed E-state index contributed by atoms with van der Waals surface area (Å²) in [4.78, 5) is 68.8. The van der Waals surface area contributed by atoms with E-state index in [1.807, 2.05) is 6.07 Å². The van der Waals surface area contributed by atoms with E-state index in [0.717, 1.165) is 13.8 Å². The minimum absolute atomic E-state index is 0.0500. The number of Topliss-reactive ketones (excluding diaryl/α,β-unsaturated/α-hetero) is 1. The minimum Gasteiger partial charge on any atom is -0.482 e. The van der Waals surface area contributed by atoms with Crippen LogP contribution in [0.5, 0.6) is 5.75 Å². The predicted molar refractivity (Wildman–Crippen MR) is 150 cm³/mol. The highest BCUT2D eigenvalue weighted by Crippen LogP contribution is 2.51. The van der Waals surface area contributed by atoms with Gasteiger partial charge in [-0.3, -0.25) is 19.4 Å². The van der Waals surface area contributed by atoms with E-state index in [0.29, 0.717) is 11.1 Å². The number of carbonyl (C=O) groups excluding carboxylic acids is 4. The summed E-state index contributed by atoms with van der Waals surface area (Å²) in [6.45, 7) is 5.28. The summed E-state index contributed by atoms with van der Waals surface area (Å²) in [5.74, 6) is -6.62. The van der Waals surface area contributed by atoms with Crippen LogP contribution in [0.15, 0.2) is 64.1 Å². The standard InChI is InChI=1S/C32H28N2O10/c1-17(35)42-32(4,43-18(2)36)22-12-23-28(37)27-25(14-24(40-30(27)39)21-6-5-11-34-16-21)44-31(23,3)26(13-22)41-29(38)20-9-7-19(15-33)8-10-20/h5-11,14,16,22-23,26H,12-13H2,1-4H3/t22-,23?,26-,31-/m0/s1. The zero-order chi connectivity index (χ0) is 31.8. The van der Waals surface area contributed by atoms with Gasteiger partial charge in [0.15, 0.2) is 11.4 Å². The Kier molecular flexibility index (Phi) is 7.82. The molecule has 3 heterocycles. The highest BCUT2D eigenvalue weighted by molar-refractivity contribution is 6.02. The van der Waals surface area contributed by atoms with E-state index in [-0.39, 0.29) is 35.5 Å². The maximum absolute atomic E-state index is 14.1. The van der Waals surface area contributed by atoms with Crippen molar-refractivity contribution in [3.63, 3.8) is 0 Å². The molecule has 226 valence electrons. The van der Waals surface area contributed by atoms with Crippen LogP contribution in [0.3, 0.4) is 0 Å². The SMILES string of the molecule is CC(=O)OC(C)(OC(C)=O)[C@H]1CC2C(=O)c3c(cc(-c4cccnc4)oc3=O)O[C@]2(C)[C@@H](OC(=O)c2ccc(C#N)cc2)C1. The van der Waals surface area contributed by atoms with Crippen molar-refractivity contribution in [3.8, 4) is 23.1 Å². The smallest absolute Gasteiger partial charge is 0.351 e. The Morgan fingerprint density at radius 3 is 2.34 bits per heavy atom. The number of pyridine rings is 1. The van der Waals surface area contributed by atoms with Gasteiger partial charge in [0.05, 0.1) is 23.1 Å². The van der Waals surface area contributed by atoms with Gasteiger partial charge in [0.1, 0.15) is 23.2 Å². The molecule has 0 amide bonds. The van der Waals surface area contributed by atoms with Gasteiger partial charge in [-0.05, 0) is 56.2 Å². The summed E-state index contributed by atoms with van der Waals surface area (Å²) < 4.78 is 28.8. The van der Waals surface area contributed by atoms with Gasteiger partial charge >= 0.3 is 23.5 Å². The van der Waals surface area contributed by atoms with Crippen LogP contribution >= 0.6 is 0 Å². The number of hydrogen-bond acceptors (Lipinski definition) is 12. The molecule has 0 saturated heterocycles. The van der Waals surface area contributed by atoms with E-state index in [2.05, 4.69) is 4.98 Å². The van der Waals surface area contributed by atoms with Crippen molar-refractivity contribution in [1.82, 2.24) is 4.98 Å². The fourth-order valence-corrected chi connectivity index (χ4v) is 5.90. The predicted octanol–water partition coefficient (Wildman–Crippen LogP) is 4.00. The molecule has 12 heteroatoms. The maximum Gasteiger partial charge on any atom is 0.351 e. The van der Waals surface area contributed by atoms with Gasteiger partial charge in [-0.1, -0.05) is 0 Å². The van der Waals surface area contributed by atoms with Crippen LogP contribution in [0, 0.1) is 23.2 Å². The first kappa shape index (κ1) is 30.2. The summed E-state index contributed by atoms with van der Waals surface area (Å²) in [5.41, 5.74) is -1.80. The first-order chi connectivity index (χ1) is 20.8. The van der Waals surface area contributed by atoms with Crippen molar-refractivity contribution in [3.05, 3.63) is 82.0 Å². The molecule has 0 spiro atoms. The normalized spacial score (nSPS) is 22.3. The van der Waals surface area contributed by atoms with Gasteiger partial charge in [-0.25, -0.2) is 9.59 Å². The lowest BCUT2D eigenvalue weighted by atomic mass is 9.64. The second kappa shape index (κ2) is 11.4. The van der Waals surface area contributed by atoms with Gasteiger partial charge < -0.3 is 23.4 Å². The van der Waals surface area contributed by atoms with Crippen molar-refractivity contribution in [1.29, 1.82) is 5.26 Å². The number of aromatic nitrogens is 1. The van der Waals surface area contributed by atoms with Crippen LogP contribution in [0.4, 0.5) is 0 Å². The zero-order valence-electron chi connectivity index (χ0n) is 24.3. The Balaban J connectivity index is 1.60. The van der Waals surface area contributed by atoms with E-state index in [4.69, 9.17) is 28.6 Å². The van der Waals surface area contributed by atoms with Crippen molar-refractivity contribution in [2.24, 2.45) is 11.8 Å². The number of carbonyl (C=O) groups is 4. The third-order valence-corrected chi connectivity index (χ3v) is 8.04. The molecule has 1 saturated carbocycles. The molecule has 1 aromatic carbocycles. The molecule has 0 radical (unpaired) electrons. The van der Waals surface area contributed by atoms with Crippen molar-refractivity contribution in [2.45, 2.75) is 58.0 Å². The number of benzene rings is 1. The first-order valence-corrected chi connectivity index (χ1v) is 13.8. The lowest BCUT2D eigenvalue weighted by molar-refractivity contribution is -0.253. The van der Waals surface area contributed by atoms with E-state index in [1.54, 1.807) is 25.3 Å². The van der Waals surface area contributed by atoms with Crippen LogP contribution in [-0.4, -0.2) is 46.2 Å². The van der Waals surface area contributed by atoms with Crippen molar-refractivity contribution in [2.75, 3.05) is 0 Å². The second-order valence-corrected chi connectivity index (χ2v) is 11.0. The number of ketones is 1. The average Bonchev–Trinajstić information content (AvgIpc) is 2.97. The average molecular weight is 601 g/mol. The monoisotopic (exact) mass is 600 g/mol. The molecule has 0 bridgehead atoms. The van der Waals surface area contributed by atoms with Gasteiger partial charge in [0, 0.05) is 50.7 Å². The summed E-state index contributed by atoms with van der Waals surface area (Å²) in [5, 5.41) is 9.12. The molecule has 2 aliphatic rings. The molecule has 1 fully saturated rings. The van der Waals surface area contributed by atoms with Gasteiger partial charge in [0.25, 0.3) is 5.79 Å². The van der Waals surface area contributed by atoms with Crippen LogP contribution in [0.25, 0.3) is 11.3 Å². The second-order valence-electron chi connectivity index (χ2n) is 11.0. The first-order valence-electron chi connectivity index (χ1n) is 13.8. The number of ether oxygens (including phenoxy) is 4. The van der Waals surface area contributed by atoms with Gasteiger partial charge in [-0.15, -0.1) is 0 Å². The van der Waals surface area contributed by atoms with Gasteiger partial charge in [0.2, 0.25) is 0 Å². The molecule has 5 rings (SSSR count). The lowest BCUT2D eigenvalue weighted by Gasteiger charge is -2.52. The highest BCUT2D eigenvalue weighted by atomic mass is 16.7. The Labute approximate surface area is 251 Å². The number of esters is 3. The third-order valence-electron chi connectivity index (χ3n) is 8.04. The lowest BCUT2D eigenvalue weighted by Crippen LogP contribution is -2.64. The Bertz CT molecular complexity index is 1730. The van der Waals surface area contributed by atoms with Crippen molar-refractivity contribution < 1.29 is 42.5 Å². The molecule has 1 aliphatic carbocycles. The number of nitrogens with zero attached hydrogens (tertiary/aromatic N) is 2. The molecule has 2 aromatic heterocycles. The molecule has 44 heavy (non-hydrogen) atoms. The molecular formula is C32H28N2O10. The van der Waals surface area contributed by atoms with Gasteiger partial charge in [-0.2, -0.15) is 5.26 Å².